The number of carbonyl (C=O) groups is 1. The average molecular weight is 300 g/mol. The molecule has 0 spiro atoms. The molecule has 1 aromatic heterocycles. The van der Waals surface area contributed by atoms with Gasteiger partial charge < -0.3 is 10.2 Å². The number of nitrogens with zero attached hydrogens (tertiary/aromatic N) is 2. The Balaban J connectivity index is 1.57. The summed E-state index contributed by atoms with van der Waals surface area (Å²) in [5.74, 6) is 0.910. The lowest BCUT2D eigenvalue weighted by Crippen LogP contribution is -2.41. The van der Waals surface area contributed by atoms with Crippen molar-refractivity contribution in [3.63, 3.8) is 0 Å². The first-order valence-electron chi connectivity index (χ1n) is 8.18. The number of aromatic nitrogens is 2. The van der Waals surface area contributed by atoms with Crippen molar-refractivity contribution < 1.29 is 4.79 Å². The van der Waals surface area contributed by atoms with E-state index < -0.39 is 0 Å². The van der Waals surface area contributed by atoms with Gasteiger partial charge in [0.1, 0.15) is 0 Å². The fourth-order valence-corrected chi connectivity index (χ4v) is 3.15. The largest absolute Gasteiger partial charge is 0.342 e. The number of hydrogen-bond acceptors (Lipinski definition) is 3. The molecular weight excluding hydrogens is 276 g/mol. The van der Waals surface area contributed by atoms with Gasteiger partial charge in [-0.2, -0.15) is 5.10 Å². The molecule has 0 atom stereocenters. The van der Waals surface area contributed by atoms with Crippen molar-refractivity contribution in [1.29, 1.82) is 0 Å². The van der Waals surface area contributed by atoms with E-state index in [9.17, 15) is 4.79 Å². The van der Waals surface area contributed by atoms with E-state index in [4.69, 9.17) is 0 Å². The number of para-hydroxylation sites is 1. The Bertz CT molecular complexity index is 628. The molecule has 1 amide bonds. The van der Waals surface area contributed by atoms with Crippen molar-refractivity contribution in [3.8, 4) is 0 Å². The van der Waals surface area contributed by atoms with Crippen molar-refractivity contribution in [2.24, 2.45) is 5.92 Å². The molecular formula is C17H24N4O. The molecule has 5 heteroatoms. The van der Waals surface area contributed by atoms with Crippen LogP contribution in [0.2, 0.25) is 0 Å². The summed E-state index contributed by atoms with van der Waals surface area (Å²) in [5.41, 5.74) is 1.85. The molecule has 1 aliphatic rings. The molecule has 22 heavy (non-hydrogen) atoms. The minimum absolute atomic E-state index is 0.205. The predicted molar refractivity (Wildman–Crippen MR) is 87.6 cm³/mol. The molecule has 0 unspecified atom stereocenters. The van der Waals surface area contributed by atoms with E-state index in [2.05, 4.69) is 22.4 Å². The summed E-state index contributed by atoms with van der Waals surface area (Å²) in [6, 6.07) is 7.93. The van der Waals surface area contributed by atoms with Crippen LogP contribution in [0.3, 0.4) is 0 Å². The number of benzene rings is 1. The summed E-state index contributed by atoms with van der Waals surface area (Å²) < 4.78 is 0. The Kier molecular flexibility index (Phi) is 4.73. The number of hydrogen-bond donors (Lipinski definition) is 2. The molecule has 0 radical (unpaired) electrons. The van der Waals surface area contributed by atoms with E-state index in [0.717, 1.165) is 55.6 Å². The van der Waals surface area contributed by atoms with Crippen LogP contribution in [0.25, 0.3) is 10.9 Å². The Morgan fingerprint density at radius 2 is 2.14 bits per heavy atom. The van der Waals surface area contributed by atoms with E-state index in [1.54, 1.807) is 0 Å². The number of piperidine rings is 1. The molecule has 5 nitrogen and oxygen atoms in total. The van der Waals surface area contributed by atoms with Crippen LogP contribution >= 0.6 is 0 Å². The van der Waals surface area contributed by atoms with E-state index >= 15 is 0 Å². The maximum atomic E-state index is 12.5. The average Bonchev–Trinajstić information content (AvgIpc) is 2.96. The number of fused-ring (bicyclic) bond motifs is 1. The summed E-state index contributed by atoms with van der Waals surface area (Å²) in [4.78, 5) is 14.5. The van der Waals surface area contributed by atoms with Crippen LogP contribution in [0.15, 0.2) is 24.3 Å². The van der Waals surface area contributed by atoms with Gasteiger partial charge in [0.15, 0.2) is 0 Å². The zero-order valence-electron chi connectivity index (χ0n) is 13.1. The van der Waals surface area contributed by atoms with E-state index in [1.165, 1.54) is 0 Å². The van der Waals surface area contributed by atoms with E-state index in [0.29, 0.717) is 12.3 Å². The molecule has 1 aliphatic heterocycles. The zero-order chi connectivity index (χ0) is 15.4. The highest BCUT2D eigenvalue weighted by Crippen LogP contribution is 2.19. The van der Waals surface area contributed by atoms with Crippen molar-refractivity contribution in [1.82, 2.24) is 20.4 Å². The summed E-state index contributed by atoms with van der Waals surface area (Å²) in [7, 11) is 0. The molecule has 1 saturated heterocycles. The quantitative estimate of drug-likeness (QED) is 0.887. The van der Waals surface area contributed by atoms with Crippen LogP contribution in [0.1, 0.15) is 25.5 Å². The number of nitrogens with one attached hydrogen (secondary N) is 2. The Hall–Kier alpha value is -1.88. The maximum Gasteiger partial charge on any atom is 0.228 e. The van der Waals surface area contributed by atoms with E-state index in [-0.39, 0.29) is 5.91 Å². The zero-order valence-corrected chi connectivity index (χ0v) is 13.1. The van der Waals surface area contributed by atoms with Crippen molar-refractivity contribution in [2.45, 2.75) is 26.2 Å². The van der Waals surface area contributed by atoms with Gasteiger partial charge in [0, 0.05) is 18.5 Å². The summed E-state index contributed by atoms with van der Waals surface area (Å²) in [6.45, 7) is 5.98. The van der Waals surface area contributed by atoms with Crippen molar-refractivity contribution >= 4 is 16.8 Å². The number of aromatic amines is 1. The number of amides is 1. The number of carbonyl (C=O) groups excluding carboxylic acids is 1. The normalized spacial score (nSPS) is 16.3. The lowest BCUT2D eigenvalue weighted by molar-refractivity contribution is -0.131. The fraction of sp³-hybridized carbons (Fsp3) is 0.529. The van der Waals surface area contributed by atoms with Gasteiger partial charge in [0.2, 0.25) is 5.91 Å². The lowest BCUT2D eigenvalue weighted by atomic mass is 9.96. The van der Waals surface area contributed by atoms with Gasteiger partial charge in [-0.3, -0.25) is 9.89 Å². The number of H-pyrrole nitrogens is 1. The predicted octanol–water partition coefficient (Wildman–Crippen LogP) is 1.95. The second-order valence-electron chi connectivity index (χ2n) is 6.03. The molecule has 3 rings (SSSR count). The third kappa shape index (κ3) is 3.30. The third-order valence-corrected chi connectivity index (χ3v) is 4.52. The van der Waals surface area contributed by atoms with Gasteiger partial charge in [-0.15, -0.1) is 0 Å². The van der Waals surface area contributed by atoms with Gasteiger partial charge in [0.25, 0.3) is 0 Å². The molecule has 1 fully saturated rings. The van der Waals surface area contributed by atoms with Crippen LogP contribution < -0.4 is 5.32 Å². The maximum absolute atomic E-state index is 12.5. The standard InChI is InChI=1S/C17H24N4O/c1-2-18-12-13-7-9-21(10-8-13)17(22)11-16-14-5-3-4-6-15(14)19-20-16/h3-6,13,18H,2,7-12H2,1H3,(H,19,20). The Morgan fingerprint density at radius 1 is 1.36 bits per heavy atom. The van der Waals surface area contributed by atoms with Crippen LogP contribution in [-0.2, 0) is 11.2 Å². The first-order chi connectivity index (χ1) is 10.8. The third-order valence-electron chi connectivity index (χ3n) is 4.52. The SMILES string of the molecule is CCNCC1CCN(C(=O)Cc2[nH]nc3ccccc23)CC1. The topological polar surface area (TPSA) is 61.0 Å². The van der Waals surface area contributed by atoms with Crippen molar-refractivity contribution in [3.05, 3.63) is 30.0 Å². The summed E-state index contributed by atoms with van der Waals surface area (Å²) >= 11 is 0. The highest BCUT2D eigenvalue weighted by Gasteiger charge is 2.23. The Labute approximate surface area is 131 Å². The van der Waals surface area contributed by atoms with Gasteiger partial charge in [-0.1, -0.05) is 25.1 Å². The van der Waals surface area contributed by atoms with E-state index in [1.807, 2.05) is 29.2 Å². The first kappa shape index (κ1) is 15.0. The van der Waals surface area contributed by atoms with Crippen molar-refractivity contribution in [2.75, 3.05) is 26.2 Å². The monoisotopic (exact) mass is 300 g/mol. The van der Waals surface area contributed by atoms with Crippen LogP contribution in [0.4, 0.5) is 0 Å². The summed E-state index contributed by atoms with van der Waals surface area (Å²) in [5, 5.41) is 11.7. The molecule has 2 aromatic rings. The smallest absolute Gasteiger partial charge is 0.228 e. The Morgan fingerprint density at radius 3 is 2.91 bits per heavy atom. The van der Waals surface area contributed by atoms with Gasteiger partial charge in [-0.25, -0.2) is 0 Å². The number of rotatable bonds is 5. The van der Waals surface area contributed by atoms with Crippen LogP contribution in [0.5, 0.6) is 0 Å². The molecule has 118 valence electrons. The molecule has 1 aromatic carbocycles. The number of likely N-dealkylation sites (tertiary alicyclic amines) is 1. The second-order valence-corrected chi connectivity index (χ2v) is 6.03. The lowest BCUT2D eigenvalue weighted by Gasteiger charge is -2.32. The fourth-order valence-electron chi connectivity index (χ4n) is 3.15. The molecule has 0 bridgehead atoms. The molecule has 2 heterocycles. The van der Waals surface area contributed by atoms with Gasteiger partial charge >= 0.3 is 0 Å². The van der Waals surface area contributed by atoms with Crippen LogP contribution in [0, 0.1) is 5.92 Å². The van der Waals surface area contributed by atoms with Crippen LogP contribution in [-0.4, -0.2) is 47.2 Å². The second kappa shape index (κ2) is 6.92. The minimum Gasteiger partial charge on any atom is -0.342 e. The highest BCUT2D eigenvalue weighted by molar-refractivity contribution is 5.87. The summed E-state index contributed by atoms with van der Waals surface area (Å²) in [6.07, 6.45) is 2.61. The van der Waals surface area contributed by atoms with Gasteiger partial charge in [-0.05, 0) is 37.9 Å². The minimum atomic E-state index is 0.205. The highest BCUT2D eigenvalue weighted by atomic mass is 16.2. The van der Waals surface area contributed by atoms with Gasteiger partial charge in [0.05, 0.1) is 17.6 Å². The molecule has 0 saturated carbocycles. The first-order valence-corrected chi connectivity index (χ1v) is 8.18. The molecule has 0 aliphatic carbocycles. The molecule has 2 N–H and O–H groups in total.